The topological polar surface area (TPSA) is 133 Å². The number of anilines is 1. The van der Waals surface area contributed by atoms with Crippen molar-refractivity contribution < 1.29 is 23.8 Å². The second-order valence-corrected chi connectivity index (χ2v) is 9.74. The van der Waals surface area contributed by atoms with Crippen molar-refractivity contribution in [2.75, 3.05) is 26.6 Å². The SMILES string of the molecule is COC(=O)N[C@H]1CCCC[C@H]1Nc1nc2c(c(-c3cnn(C)c3)n1)C(=O)N(Cc1ccc(OC)cc1OC)C2. The number of nitrogens with one attached hydrogen (secondary N) is 2. The van der Waals surface area contributed by atoms with Crippen LogP contribution in [0.3, 0.4) is 0 Å². The molecule has 3 heterocycles. The molecule has 2 amide bonds. The molecule has 1 aliphatic heterocycles. The minimum Gasteiger partial charge on any atom is -0.497 e. The molecule has 1 aliphatic carbocycles. The van der Waals surface area contributed by atoms with Crippen LogP contribution in [0.25, 0.3) is 11.3 Å². The number of amides is 2. The first-order valence-corrected chi connectivity index (χ1v) is 12.9. The lowest BCUT2D eigenvalue weighted by Crippen LogP contribution is -2.48. The maximum Gasteiger partial charge on any atom is 0.407 e. The van der Waals surface area contributed by atoms with Crippen LogP contribution in [0.15, 0.2) is 30.6 Å². The lowest BCUT2D eigenvalue weighted by Gasteiger charge is -2.32. The summed E-state index contributed by atoms with van der Waals surface area (Å²) in [5.74, 6) is 1.57. The van der Waals surface area contributed by atoms with Gasteiger partial charge in [0.05, 0.1) is 63.6 Å². The summed E-state index contributed by atoms with van der Waals surface area (Å²) in [6, 6.07) is 5.35. The molecule has 3 aromatic rings. The van der Waals surface area contributed by atoms with E-state index in [-0.39, 0.29) is 18.0 Å². The molecular weight excluding hydrogens is 502 g/mol. The van der Waals surface area contributed by atoms with Gasteiger partial charge in [-0.2, -0.15) is 5.10 Å². The van der Waals surface area contributed by atoms with Crippen LogP contribution in [-0.2, 0) is 24.9 Å². The van der Waals surface area contributed by atoms with E-state index in [9.17, 15) is 9.59 Å². The Bertz CT molecular complexity index is 1370. The molecule has 2 aromatic heterocycles. The number of methoxy groups -OCH3 is 3. The van der Waals surface area contributed by atoms with Crippen LogP contribution >= 0.6 is 0 Å². The lowest BCUT2D eigenvalue weighted by atomic mass is 9.90. The number of hydrogen-bond donors (Lipinski definition) is 2. The highest BCUT2D eigenvalue weighted by Crippen LogP contribution is 2.34. The fraction of sp³-hybridized carbons (Fsp3) is 0.444. The summed E-state index contributed by atoms with van der Waals surface area (Å²) >= 11 is 0. The summed E-state index contributed by atoms with van der Waals surface area (Å²) in [6.45, 7) is 0.660. The van der Waals surface area contributed by atoms with Crippen molar-refractivity contribution in [2.24, 2.45) is 7.05 Å². The zero-order valence-corrected chi connectivity index (χ0v) is 22.6. The van der Waals surface area contributed by atoms with Crippen LogP contribution in [0, 0.1) is 0 Å². The van der Waals surface area contributed by atoms with Crippen LogP contribution in [0.2, 0.25) is 0 Å². The molecule has 2 aliphatic rings. The summed E-state index contributed by atoms with van der Waals surface area (Å²) < 4.78 is 17.3. The number of ether oxygens (including phenoxy) is 3. The van der Waals surface area contributed by atoms with Gasteiger partial charge >= 0.3 is 6.09 Å². The first-order valence-electron chi connectivity index (χ1n) is 12.9. The monoisotopic (exact) mass is 535 g/mol. The Labute approximate surface area is 226 Å². The molecule has 1 saturated carbocycles. The van der Waals surface area contributed by atoms with E-state index in [1.807, 2.05) is 25.4 Å². The molecule has 0 bridgehead atoms. The van der Waals surface area contributed by atoms with Crippen molar-refractivity contribution in [2.45, 2.75) is 50.9 Å². The van der Waals surface area contributed by atoms with E-state index in [4.69, 9.17) is 24.2 Å². The predicted octanol–water partition coefficient (Wildman–Crippen LogP) is 3.13. The number of carbonyl (C=O) groups is 2. The molecule has 2 atom stereocenters. The molecule has 12 nitrogen and oxygen atoms in total. The molecule has 2 N–H and O–H groups in total. The molecule has 0 saturated heterocycles. The number of benzene rings is 1. The van der Waals surface area contributed by atoms with E-state index in [1.54, 1.807) is 36.1 Å². The molecule has 1 aromatic carbocycles. The summed E-state index contributed by atoms with van der Waals surface area (Å²) in [5, 5.41) is 10.6. The molecule has 5 rings (SSSR count). The fourth-order valence-electron chi connectivity index (χ4n) is 5.24. The van der Waals surface area contributed by atoms with Gasteiger partial charge in [0.1, 0.15) is 11.5 Å². The van der Waals surface area contributed by atoms with Gasteiger partial charge in [0.2, 0.25) is 5.95 Å². The predicted molar refractivity (Wildman–Crippen MR) is 143 cm³/mol. The van der Waals surface area contributed by atoms with Gasteiger partial charge in [0.15, 0.2) is 0 Å². The lowest BCUT2D eigenvalue weighted by molar-refractivity contribution is 0.0765. The molecule has 1 fully saturated rings. The third-order valence-electron chi connectivity index (χ3n) is 7.23. The number of rotatable bonds is 8. The number of fused-ring (bicyclic) bond motifs is 1. The molecule has 0 spiro atoms. The Morgan fingerprint density at radius 2 is 1.90 bits per heavy atom. The van der Waals surface area contributed by atoms with Crippen molar-refractivity contribution in [3.63, 3.8) is 0 Å². The van der Waals surface area contributed by atoms with Gasteiger partial charge in [-0.1, -0.05) is 12.8 Å². The van der Waals surface area contributed by atoms with E-state index in [2.05, 4.69) is 15.7 Å². The van der Waals surface area contributed by atoms with Crippen LogP contribution in [0.1, 0.15) is 47.3 Å². The fourth-order valence-corrected chi connectivity index (χ4v) is 5.24. The Balaban J connectivity index is 1.46. The second-order valence-electron chi connectivity index (χ2n) is 9.74. The Morgan fingerprint density at radius 1 is 1.10 bits per heavy atom. The minimum atomic E-state index is -0.463. The zero-order valence-electron chi connectivity index (χ0n) is 22.6. The van der Waals surface area contributed by atoms with Crippen LogP contribution < -0.4 is 20.1 Å². The van der Waals surface area contributed by atoms with Gasteiger partial charge in [-0.25, -0.2) is 14.8 Å². The van der Waals surface area contributed by atoms with E-state index in [0.29, 0.717) is 47.5 Å². The molecule has 0 radical (unpaired) electrons. The zero-order chi connectivity index (χ0) is 27.5. The highest BCUT2D eigenvalue weighted by atomic mass is 16.5. The van der Waals surface area contributed by atoms with Gasteiger partial charge < -0.3 is 29.7 Å². The van der Waals surface area contributed by atoms with E-state index >= 15 is 0 Å². The van der Waals surface area contributed by atoms with Gasteiger partial charge in [0, 0.05) is 36.5 Å². The van der Waals surface area contributed by atoms with E-state index in [1.165, 1.54) is 7.11 Å². The summed E-state index contributed by atoms with van der Waals surface area (Å²) in [5.41, 5.74) is 3.21. The van der Waals surface area contributed by atoms with E-state index < -0.39 is 6.09 Å². The number of aryl methyl sites for hydroxylation is 1. The van der Waals surface area contributed by atoms with Crippen LogP contribution in [-0.4, -0.2) is 70.1 Å². The third kappa shape index (κ3) is 5.45. The largest absolute Gasteiger partial charge is 0.497 e. The van der Waals surface area contributed by atoms with E-state index in [0.717, 1.165) is 36.8 Å². The Kier molecular flexibility index (Phi) is 7.53. The highest BCUT2D eigenvalue weighted by molar-refractivity contribution is 6.03. The first-order chi connectivity index (χ1) is 18.9. The summed E-state index contributed by atoms with van der Waals surface area (Å²) in [6.07, 6.45) is 6.76. The normalized spacial score (nSPS) is 18.5. The standard InChI is InChI=1S/C27H33N7O5/c1-33-13-17(12-28-33)24-23-21(15-34(25(23)35)14-16-9-10-18(37-2)11-22(16)38-3)30-26(32-24)29-19-7-5-6-8-20(19)31-27(36)39-4/h9-13,19-20H,5-8,14-15H2,1-4H3,(H,31,36)(H,29,30,32)/t19-,20+/m1/s1. The van der Waals surface area contributed by atoms with Crippen LogP contribution in [0.4, 0.5) is 10.7 Å². The molecule has 39 heavy (non-hydrogen) atoms. The maximum absolute atomic E-state index is 13.7. The van der Waals surface area contributed by atoms with Gasteiger partial charge in [-0.15, -0.1) is 0 Å². The molecule has 12 heteroatoms. The van der Waals surface area contributed by atoms with Crippen LogP contribution in [0.5, 0.6) is 11.5 Å². The number of alkyl carbamates (subject to hydrolysis) is 1. The van der Waals surface area contributed by atoms with Gasteiger partial charge in [-0.3, -0.25) is 9.48 Å². The maximum atomic E-state index is 13.7. The van der Waals surface area contributed by atoms with Gasteiger partial charge in [0.25, 0.3) is 5.91 Å². The first kappa shape index (κ1) is 26.3. The average molecular weight is 536 g/mol. The van der Waals surface area contributed by atoms with Crippen molar-refractivity contribution >= 4 is 17.9 Å². The third-order valence-corrected chi connectivity index (χ3v) is 7.23. The smallest absolute Gasteiger partial charge is 0.407 e. The number of carbonyl (C=O) groups excluding carboxylic acids is 2. The van der Waals surface area contributed by atoms with Crippen molar-refractivity contribution in [1.29, 1.82) is 0 Å². The molecule has 0 unspecified atom stereocenters. The van der Waals surface area contributed by atoms with Gasteiger partial charge in [-0.05, 0) is 25.0 Å². The van der Waals surface area contributed by atoms with Crippen molar-refractivity contribution in [1.82, 2.24) is 30.0 Å². The van der Waals surface area contributed by atoms with Crippen molar-refractivity contribution in [3.8, 4) is 22.8 Å². The Morgan fingerprint density at radius 3 is 2.59 bits per heavy atom. The molecule has 206 valence electrons. The second kappa shape index (κ2) is 11.2. The minimum absolute atomic E-state index is 0.0746. The summed E-state index contributed by atoms with van der Waals surface area (Å²) in [4.78, 5) is 36.9. The Hall–Kier alpha value is -4.35. The highest BCUT2D eigenvalue weighted by Gasteiger charge is 2.35. The summed E-state index contributed by atoms with van der Waals surface area (Å²) in [7, 11) is 6.37. The quantitative estimate of drug-likeness (QED) is 0.446. The number of nitrogens with zero attached hydrogens (tertiary/aromatic N) is 5. The molecular formula is C27H33N7O5. The average Bonchev–Trinajstić information content (AvgIpc) is 3.52. The number of aromatic nitrogens is 4. The number of hydrogen-bond acceptors (Lipinski definition) is 9. The van der Waals surface area contributed by atoms with Crippen molar-refractivity contribution in [3.05, 3.63) is 47.4 Å².